The number of carboxylic acid groups (broad SMARTS) is 1. The molecule has 1 rings (SSSR count). The molecule has 0 bridgehead atoms. The fourth-order valence-corrected chi connectivity index (χ4v) is 1.74. The Hall–Kier alpha value is -0.840. The third-order valence-electron chi connectivity index (χ3n) is 2.71. The van der Waals surface area contributed by atoms with Gasteiger partial charge in [-0.3, -0.25) is 0 Å². The van der Waals surface area contributed by atoms with Crippen molar-refractivity contribution >= 4 is 6.09 Å². The quantitative estimate of drug-likeness (QED) is 0.728. The van der Waals surface area contributed by atoms with Crippen LogP contribution in [0.25, 0.3) is 0 Å². The second-order valence-electron chi connectivity index (χ2n) is 3.75. The van der Waals surface area contributed by atoms with Crippen LogP contribution in [0.1, 0.15) is 25.7 Å². The van der Waals surface area contributed by atoms with Crippen molar-refractivity contribution in [2.45, 2.75) is 31.4 Å². The largest absolute Gasteiger partial charge is 0.465 e. The second-order valence-corrected chi connectivity index (χ2v) is 3.75. The Kier molecular flexibility index (Phi) is 3.69. The number of nitrogens with zero attached hydrogens (tertiary/aromatic N) is 1. The number of halogens is 1. The van der Waals surface area contributed by atoms with E-state index in [-0.39, 0.29) is 32.5 Å². The van der Waals surface area contributed by atoms with E-state index < -0.39 is 11.8 Å². The Morgan fingerprint density at radius 3 is 2.43 bits per heavy atom. The third-order valence-corrected chi connectivity index (χ3v) is 2.71. The van der Waals surface area contributed by atoms with Gasteiger partial charge in [-0.05, 0) is 25.7 Å². The molecule has 0 unspecified atom stereocenters. The van der Waals surface area contributed by atoms with Crippen LogP contribution in [-0.2, 0) is 0 Å². The molecule has 14 heavy (non-hydrogen) atoms. The molecular weight excluding hydrogens is 189 g/mol. The van der Waals surface area contributed by atoms with Gasteiger partial charge in [-0.1, -0.05) is 0 Å². The summed E-state index contributed by atoms with van der Waals surface area (Å²) in [5.74, 6) is 0. The van der Waals surface area contributed by atoms with Crippen molar-refractivity contribution < 1.29 is 19.4 Å². The number of amides is 1. The standard InChI is InChI=1S/C9H16FNO3/c10-9(2-1-7-12)3-5-11(6-4-9)8(13)14/h12H,1-7H2,(H,13,14). The van der Waals surface area contributed by atoms with Gasteiger partial charge in [0.1, 0.15) is 5.67 Å². The highest BCUT2D eigenvalue weighted by molar-refractivity contribution is 5.65. The molecule has 82 valence electrons. The van der Waals surface area contributed by atoms with Crippen LogP contribution < -0.4 is 0 Å². The molecule has 0 atom stereocenters. The molecular formula is C9H16FNO3. The van der Waals surface area contributed by atoms with Crippen LogP contribution in [-0.4, -0.2) is 46.6 Å². The minimum absolute atomic E-state index is 0.00564. The van der Waals surface area contributed by atoms with E-state index in [1.54, 1.807) is 0 Å². The second kappa shape index (κ2) is 4.59. The molecule has 1 aliphatic heterocycles. The number of aliphatic hydroxyl groups is 1. The van der Waals surface area contributed by atoms with Crippen LogP contribution in [0.2, 0.25) is 0 Å². The molecule has 0 aromatic heterocycles. The lowest BCUT2D eigenvalue weighted by Gasteiger charge is -2.34. The zero-order valence-electron chi connectivity index (χ0n) is 8.08. The molecule has 2 N–H and O–H groups in total. The van der Waals surface area contributed by atoms with E-state index in [0.717, 1.165) is 0 Å². The average Bonchev–Trinajstić information content (AvgIpc) is 2.16. The lowest BCUT2D eigenvalue weighted by atomic mass is 9.89. The van der Waals surface area contributed by atoms with Crippen LogP contribution in [0, 0.1) is 0 Å². The Balaban J connectivity index is 2.36. The van der Waals surface area contributed by atoms with Crippen LogP contribution in [0.3, 0.4) is 0 Å². The van der Waals surface area contributed by atoms with Gasteiger partial charge in [-0.15, -0.1) is 0 Å². The summed E-state index contributed by atoms with van der Waals surface area (Å²) in [7, 11) is 0. The Morgan fingerprint density at radius 2 is 2.00 bits per heavy atom. The van der Waals surface area contributed by atoms with E-state index in [1.807, 2.05) is 0 Å². The molecule has 5 heteroatoms. The van der Waals surface area contributed by atoms with Gasteiger partial charge in [-0.2, -0.15) is 0 Å². The summed E-state index contributed by atoms with van der Waals surface area (Å²) < 4.78 is 13.9. The monoisotopic (exact) mass is 205 g/mol. The first-order chi connectivity index (χ1) is 6.57. The maximum absolute atomic E-state index is 13.9. The normalized spacial score (nSPS) is 20.9. The molecule has 1 saturated heterocycles. The Bertz CT molecular complexity index is 202. The van der Waals surface area contributed by atoms with Gasteiger partial charge in [0.2, 0.25) is 0 Å². The van der Waals surface area contributed by atoms with E-state index in [4.69, 9.17) is 10.2 Å². The topological polar surface area (TPSA) is 60.8 Å². The average molecular weight is 205 g/mol. The smallest absolute Gasteiger partial charge is 0.407 e. The number of piperidine rings is 1. The highest BCUT2D eigenvalue weighted by atomic mass is 19.1. The minimum Gasteiger partial charge on any atom is -0.465 e. The predicted octanol–water partition coefficient (Wildman–Crippen LogP) is 1.24. The van der Waals surface area contributed by atoms with E-state index in [1.165, 1.54) is 4.90 Å². The summed E-state index contributed by atoms with van der Waals surface area (Å²) in [6.45, 7) is 0.517. The number of rotatable bonds is 3. The molecule has 0 saturated carbocycles. The maximum Gasteiger partial charge on any atom is 0.407 e. The molecule has 4 nitrogen and oxygen atoms in total. The van der Waals surface area contributed by atoms with E-state index in [9.17, 15) is 9.18 Å². The summed E-state index contributed by atoms with van der Waals surface area (Å²) in [5.41, 5.74) is -1.27. The van der Waals surface area contributed by atoms with Crippen LogP contribution in [0.4, 0.5) is 9.18 Å². The summed E-state index contributed by atoms with van der Waals surface area (Å²) in [6.07, 6.45) is 0.299. The number of likely N-dealkylation sites (tertiary alicyclic amines) is 1. The van der Waals surface area contributed by atoms with Crippen molar-refractivity contribution in [1.82, 2.24) is 4.90 Å². The molecule has 1 fully saturated rings. The fraction of sp³-hybridized carbons (Fsp3) is 0.889. The first-order valence-corrected chi connectivity index (χ1v) is 4.85. The minimum atomic E-state index is -1.27. The van der Waals surface area contributed by atoms with Gasteiger partial charge < -0.3 is 15.1 Å². The number of carbonyl (C=O) groups is 1. The van der Waals surface area contributed by atoms with Crippen molar-refractivity contribution in [2.75, 3.05) is 19.7 Å². The maximum atomic E-state index is 13.9. The zero-order valence-corrected chi connectivity index (χ0v) is 8.08. The number of hydrogen-bond acceptors (Lipinski definition) is 2. The lowest BCUT2D eigenvalue weighted by molar-refractivity contribution is 0.0457. The molecule has 0 aromatic carbocycles. The van der Waals surface area contributed by atoms with Crippen molar-refractivity contribution in [3.8, 4) is 0 Å². The molecule has 0 aromatic rings. The summed E-state index contributed by atoms with van der Waals surface area (Å²) in [5, 5.41) is 17.2. The van der Waals surface area contributed by atoms with Gasteiger partial charge in [0, 0.05) is 19.7 Å². The highest BCUT2D eigenvalue weighted by Crippen LogP contribution is 2.30. The van der Waals surface area contributed by atoms with Crippen LogP contribution >= 0.6 is 0 Å². The molecule has 0 spiro atoms. The van der Waals surface area contributed by atoms with E-state index >= 15 is 0 Å². The van der Waals surface area contributed by atoms with Gasteiger partial charge in [0.25, 0.3) is 0 Å². The SMILES string of the molecule is O=C(O)N1CCC(F)(CCCO)CC1. The van der Waals surface area contributed by atoms with Crippen molar-refractivity contribution in [3.05, 3.63) is 0 Å². The first-order valence-electron chi connectivity index (χ1n) is 4.85. The van der Waals surface area contributed by atoms with Gasteiger partial charge in [0.15, 0.2) is 0 Å². The van der Waals surface area contributed by atoms with E-state index in [2.05, 4.69) is 0 Å². The van der Waals surface area contributed by atoms with Crippen LogP contribution in [0.15, 0.2) is 0 Å². The van der Waals surface area contributed by atoms with Crippen molar-refractivity contribution in [1.29, 1.82) is 0 Å². The Labute approximate surface area is 82.3 Å². The van der Waals surface area contributed by atoms with Gasteiger partial charge >= 0.3 is 6.09 Å². The predicted molar refractivity (Wildman–Crippen MR) is 49.0 cm³/mol. The lowest BCUT2D eigenvalue weighted by Crippen LogP contribution is -2.44. The molecule has 1 amide bonds. The highest BCUT2D eigenvalue weighted by Gasteiger charge is 2.35. The van der Waals surface area contributed by atoms with E-state index in [0.29, 0.717) is 12.8 Å². The Morgan fingerprint density at radius 1 is 1.43 bits per heavy atom. The number of aliphatic hydroxyl groups excluding tert-OH is 1. The summed E-state index contributed by atoms with van der Waals surface area (Å²) in [4.78, 5) is 11.8. The van der Waals surface area contributed by atoms with Crippen LogP contribution in [0.5, 0.6) is 0 Å². The number of hydrogen-bond donors (Lipinski definition) is 2. The molecule has 1 aliphatic rings. The fourth-order valence-electron chi connectivity index (χ4n) is 1.74. The third kappa shape index (κ3) is 2.83. The zero-order chi connectivity index (χ0) is 10.6. The summed E-state index contributed by atoms with van der Waals surface area (Å²) in [6, 6.07) is 0. The molecule has 0 aliphatic carbocycles. The number of alkyl halides is 1. The molecule has 1 heterocycles. The summed E-state index contributed by atoms with van der Waals surface area (Å²) >= 11 is 0. The van der Waals surface area contributed by atoms with Gasteiger partial charge in [0.05, 0.1) is 0 Å². The first kappa shape index (κ1) is 11.2. The van der Waals surface area contributed by atoms with Crippen molar-refractivity contribution in [2.24, 2.45) is 0 Å². The van der Waals surface area contributed by atoms with Crippen molar-refractivity contribution in [3.63, 3.8) is 0 Å². The van der Waals surface area contributed by atoms with Gasteiger partial charge in [-0.25, -0.2) is 9.18 Å². The molecule has 0 radical (unpaired) electrons.